The van der Waals surface area contributed by atoms with E-state index in [-0.39, 0.29) is 5.56 Å². The number of fused-ring (bicyclic) bond motifs is 2. The van der Waals surface area contributed by atoms with E-state index < -0.39 is 0 Å². The van der Waals surface area contributed by atoms with Gasteiger partial charge < -0.3 is 15.0 Å². The van der Waals surface area contributed by atoms with Crippen LogP contribution in [0.5, 0.6) is 0 Å². The molecule has 2 aliphatic rings. The third kappa shape index (κ3) is 3.32. The molecular formula is C23H25N3O2. The number of benzene rings is 2. The van der Waals surface area contributed by atoms with E-state index in [4.69, 9.17) is 4.74 Å². The smallest absolute Gasteiger partial charge is 0.248 e. The number of nitrogens with zero attached hydrogens (tertiary/aromatic N) is 1. The van der Waals surface area contributed by atoms with E-state index in [2.05, 4.69) is 45.5 Å². The molecule has 2 N–H and O–H groups in total. The van der Waals surface area contributed by atoms with E-state index in [0.29, 0.717) is 12.0 Å². The third-order valence-electron chi connectivity index (χ3n) is 6.06. The predicted molar refractivity (Wildman–Crippen MR) is 112 cm³/mol. The van der Waals surface area contributed by atoms with Crippen molar-refractivity contribution in [1.82, 2.24) is 9.88 Å². The SMILES string of the molecule is O=c1cc(CN2CCOCC2CC2CNc3ccccc32)c2ccccc2[nH]1. The minimum absolute atomic E-state index is 0.0348. The zero-order valence-electron chi connectivity index (χ0n) is 15.9. The molecule has 144 valence electrons. The van der Waals surface area contributed by atoms with Gasteiger partial charge in [-0.3, -0.25) is 9.69 Å². The number of nitrogens with one attached hydrogen (secondary N) is 2. The lowest BCUT2D eigenvalue weighted by atomic mass is 9.92. The van der Waals surface area contributed by atoms with Gasteiger partial charge in [-0.1, -0.05) is 36.4 Å². The highest BCUT2D eigenvalue weighted by atomic mass is 16.5. The predicted octanol–water partition coefficient (Wildman–Crippen LogP) is 3.33. The van der Waals surface area contributed by atoms with E-state index in [1.165, 1.54) is 11.3 Å². The molecule has 1 saturated heterocycles. The van der Waals surface area contributed by atoms with E-state index in [1.54, 1.807) is 6.07 Å². The van der Waals surface area contributed by atoms with E-state index >= 15 is 0 Å². The summed E-state index contributed by atoms with van der Waals surface area (Å²) in [6.45, 7) is 4.16. The second kappa shape index (κ2) is 7.41. The lowest BCUT2D eigenvalue weighted by molar-refractivity contribution is -0.0162. The lowest BCUT2D eigenvalue weighted by Gasteiger charge is -2.37. The lowest BCUT2D eigenvalue weighted by Crippen LogP contribution is -2.45. The van der Waals surface area contributed by atoms with Gasteiger partial charge in [-0.2, -0.15) is 0 Å². The molecule has 0 bridgehead atoms. The fourth-order valence-corrected chi connectivity index (χ4v) is 4.64. The molecule has 2 unspecified atom stereocenters. The zero-order chi connectivity index (χ0) is 18.9. The third-order valence-corrected chi connectivity index (χ3v) is 6.06. The van der Waals surface area contributed by atoms with Crippen molar-refractivity contribution in [3.63, 3.8) is 0 Å². The fourth-order valence-electron chi connectivity index (χ4n) is 4.64. The summed E-state index contributed by atoms with van der Waals surface area (Å²) in [6.07, 6.45) is 1.06. The Hall–Kier alpha value is -2.63. The number of ether oxygens (including phenoxy) is 1. The van der Waals surface area contributed by atoms with Gasteiger partial charge in [-0.05, 0) is 29.7 Å². The molecule has 5 heteroatoms. The van der Waals surface area contributed by atoms with Gasteiger partial charge in [0.25, 0.3) is 0 Å². The number of aromatic amines is 1. The first-order chi connectivity index (χ1) is 13.8. The topological polar surface area (TPSA) is 57.4 Å². The van der Waals surface area contributed by atoms with Crippen LogP contribution >= 0.6 is 0 Å². The summed E-state index contributed by atoms with van der Waals surface area (Å²) in [4.78, 5) is 17.6. The first-order valence-corrected chi connectivity index (χ1v) is 10.0. The van der Waals surface area contributed by atoms with Gasteiger partial charge in [-0.15, -0.1) is 0 Å². The van der Waals surface area contributed by atoms with Gasteiger partial charge in [0.2, 0.25) is 5.56 Å². The summed E-state index contributed by atoms with van der Waals surface area (Å²) in [7, 11) is 0. The minimum Gasteiger partial charge on any atom is -0.384 e. The Balaban J connectivity index is 1.39. The van der Waals surface area contributed by atoms with Crippen LogP contribution in [0.2, 0.25) is 0 Å². The van der Waals surface area contributed by atoms with Gasteiger partial charge >= 0.3 is 0 Å². The Bertz CT molecular complexity index is 1050. The van der Waals surface area contributed by atoms with Crippen molar-refractivity contribution >= 4 is 16.6 Å². The highest BCUT2D eigenvalue weighted by Gasteiger charge is 2.30. The van der Waals surface area contributed by atoms with Crippen LogP contribution < -0.4 is 10.9 Å². The average Bonchev–Trinajstić information content (AvgIpc) is 3.12. The van der Waals surface area contributed by atoms with Crippen LogP contribution in [0.4, 0.5) is 5.69 Å². The Morgan fingerprint density at radius 1 is 1.11 bits per heavy atom. The molecule has 2 aromatic carbocycles. The van der Waals surface area contributed by atoms with Gasteiger partial charge in [0.1, 0.15) is 0 Å². The van der Waals surface area contributed by atoms with Crippen molar-refractivity contribution in [2.75, 3.05) is 31.6 Å². The van der Waals surface area contributed by atoms with Gasteiger partial charge in [0.15, 0.2) is 0 Å². The zero-order valence-corrected chi connectivity index (χ0v) is 15.9. The highest BCUT2D eigenvalue weighted by Crippen LogP contribution is 2.35. The summed E-state index contributed by atoms with van der Waals surface area (Å²) in [5.41, 5.74) is 4.64. The van der Waals surface area contributed by atoms with Crippen molar-refractivity contribution in [3.8, 4) is 0 Å². The molecule has 3 aromatic rings. The maximum absolute atomic E-state index is 12.1. The molecule has 5 nitrogen and oxygen atoms in total. The van der Waals surface area contributed by atoms with Crippen LogP contribution in [-0.4, -0.2) is 42.2 Å². The first-order valence-electron chi connectivity index (χ1n) is 10.0. The molecule has 0 saturated carbocycles. The van der Waals surface area contributed by atoms with Crippen LogP contribution in [0.1, 0.15) is 23.5 Å². The summed E-state index contributed by atoms with van der Waals surface area (Å²) >= 11 is 0. The maximum Gasteiger partial charge on any atom is 0.248 e. The van der Waals surface area contributed by atoms with Crippen LogP contribution in [0.3, 0.4) is 0 Å². The first kappa shape index (κ1) is 17.5. The number of pyridine rings is 1. The summed E-state index contributed by atoms with van der Waals surface area (Å²) in [5, 5.41) is 4.66. The van der Waals surface area contributed by atoms with E-state index in [1.807, 2.05) is 18.2 Å². The van der Waals surface area contributed by atoms with Crippen molar-refractivity contribution < 1.29 is 4.74 Å². The number of hydrogen-bond acceptors (Lipinski definition) is 4. The highest BCUT2D eigenvalue weighted by molar-refractivity contribution is 5.81. The summed E-state index contributed by atoms with van der Waals surface area (Å²) in [6, 6.07) is 18.8. The molecule has 0 amide bonds. The number of aromatic nitrogens is 1. The Morgan fingerprint density at radius 2 is 1.96 bits per heavy atom. The number of morpholine rings is 1. The van der Waals surface area contributed by atoms with E-state index in [9.17, 15) is 4.79 Å². The van der Waals surface area contributed by atoms with Crippen LogP contribution in [0.15, 0.2) is 59.4 Å². The molecule has 2 aliphatic heterocycles. The quantitative estimate of drug-likeness (QED) is 0.734. The van der Waals surface area contributed by atoms with Crippen molar-refractivity contribution in [1.29, 1.82) is 0 Å². The minimum atomic E-state index is -0.0348. The Kier molecular flexibility index (Phi) is 4.63. The van der Waals surface area contributed by atoms with Crippen LogP contribution in [-0.2, 0) is 11.3 Å². The van der Waals surface area contributed by atoms with Crippen molar-refractivity contribution in [2.24, 2.45) is 0 Å². The molecule has 0 spiro atoms. The summed E-state index contributed by atoms with van der Waals surface area (Å²) in [5.74, 6) is 0.501. The normalized spacial score (nSPS) is 22.1. The largest absolute Gasteiger partial charge is 0.384 e. The molecule has 0 radical (unpaired) electrons. The number of rotatable bonds is 4. The number of hydrogen-bond donors (Lipinski definition) is 2. The number of H-pyrrole nitrogens is 1. The van der Waals surface area contributed by atoms with Gasteiger partial charge in [-0.25, -0.2) is 0 Å². The molecule has 2 atom stereocenters. The van der Waals surface area contributed by atoms with Gasteiger partial charge in [0.05, 0.1) is 13.2 Å². The molecule has 1 fully saturated rings. The van der Waals surface area contributed by atoms with Crippen LogP contribution in [0.25, 0.3) is 10.9 Å². The summed E-state index contributed by atoms with van der Waals surface area (Å²) < 4.78 is 5.83. The average molecular weight is 375 g/mol. The molecule has 1 aromatic heterocycles. The van der Waals surface area contributed by atoms with Gasteiger partial charge in [0, 0.05) is 54.3 Å². The van der Waals surface area contributed by atoms with E-state index in [0.717, 1.165) is 55.7 Å². The maximum atomic E-state index is 12.1. The fraction of sp³-hybridized carbons (Fsp3) is 0.348. The Labute approximate surface area is 164 Å². The van der Waals surface area contributed by atoms with Crippen molar-refractivity contribution in [2.45, 2.75) is 24.9 Å². The molecule has 0 aliphatic carbocycles. The number of para-hydroxylation sites is 2. The second-order valence-electron chi connectivity index (χ2n) is 7.80. The molecule has 28 heavy (non-hydrogen) atoms. The second-order valence-corrected chi connectivity index (χ2v) is 7.80. The Morgan fingerprint density at radius 3 is 2.93 bits per heavy atom. The van der Waals surface area contributed by atoms with Crippen molar-refractivity contribution in [3.05, 3.63) is 76.1 Å². The monoisotopic (exact) mass is 375 g/mol. The molecule has 5 rings (SSSR count). The molecular weight excluding hydrogens is 350 g/mol. The number of anilines is 1. The van der Waals surface area contributed by atoms with Crippen LogP contribution in [0, 0.1) is 0 Å². The molecule has 3 heterocycles. The standard InChI is InChI=1S/C23H25N3O2/c27-23-12-17(20-6-2-4-8-22(20)25-23)14-26-9-10-28-15-18(26)11-16-13-24-21-7-3-1-5-19(16)21/h1-8,12,16,18,24H,9-11,13-15H2,(H,25,27).